The maximum Gasteiger partial charge on any atom is 0.143 e. The van der Waals surface area contributed by atoms with Gasteiger partial charge in [-0.1, -0.05) is 65.8 Å². The molecule has 0 radical (unpaired) electrons. The Balaban J connectivity index is 2.10. The summed E-state index contributed by atoms with van der Waals surface area (Å²) < 4.78 is 0. The minimum Gasteiger partial charge on any atom is -0.506 e. The molecule has 0 bridgehead atoms. The first kappa shape index (κ1) is 14.8. The van der Waals surface area contributed by atoms with Crippen LogP contribution in [-0.2, 0) is 0 Å². The quantitative estimate of drug-likeness (QED) is 0.509. The topological polar surface area (TPSA) is 44.6 Å². The van der Waals surface area contributed by atoms with Crippen molar-refractivity contribution >= 4 is 46.6 Å². The molecule has 0 aliphatic rings. The van der Waals surface area contributed by atoms with Crippen LogP contribution in [0.2, 0.25) is 10.0 Å². The first-order valence-corrected chi connectivity index (χ1v) is 6.81. The van der Waals surface area contributed by atoms with Crippen LogP contribution in [0, 0.1) is 0 Å². The molecular formula is C14H10Cl2N2OS. The number of benzene rings is 2. The average Bonchev–Trinajstić information content (AvgIpc) is 2.44. The van der Waals surface area contributed by atoms with E-state index in [9.17, 15) is 5.11 Å². The number of thiocarbonyl (C=S) groups is 1. The number of hydrogen-bond donors (Lipinski definition) is 2. The third kappa shape index (κ3) is 3.70. The van der Waals surface area contributed by atoms with E-state index in [1.807, 2.05) is 30.3 Å². The molecule has 0 fully saturated rings. The van der Waals surface area contributed by atoms with Gasteiger partial charge in [-0.15, -0.1) is 0 Å². The zero-order valence-electron chi connectivity index (χ0n) is 10.2. The van der Waals surface area contributed by atoms with E-state index >= 15 is 0 Å². The molecule has 0 amide bonds. The van der Waals surface area contributed by atoms with Gasteiger partial charge in [0.2, 0.25) is 0 Å². The lowest BCUT2D eigenvalue weighted by atomic mass is 10.2. The second-order valence-electron chi connectivity index (χ2n) is 3.89. The molecule has 0 aliphatic heterocycles. The number of halogens is 2. The molecule has 2 rings (SSSR count). The van der Waals surface area contributed by atoms with Crippen molar-refractivity contribution in [3.63, 3.8) is 0 Å². The Kier molecular flexibility index (Phi) is 4.95. The zero-order valence-corrected chi connectivity index (χ0v) is 12.5. The highest BCUT2D eigenvalue weighted by molar-refractivity contribution is 7.80. The van der Waals surface area contributed by atoms with Crippen LogP contribution in [0.15, 0.2) is 47.6 Å². The number of aromatic hydroxyl groups is 1. The number of hydrogen-bond acceptors (Lipinski definition) is 3. The number of phenolic OH excluding ortho intramolecular Hbond substituents is 1. The second kappa shape index (κ2) is 6.70. The standard InChI is InChI=1S/C14H10Cl2N2OS/c15-11-6-10(13(19)12(16)7-11)8-17-18-14(20)9-4-2-1-3-5-9/h1-8,19H,(H,18,20)/b17-8+. The van der Waals surface area contributed by atoms with Crippen LogP contribution in [0.4, 0.5) is 0 Å². The number of nitrogens with one attached hydrogen (secondary N) is 1. The van der Waals surface area contributed by atoms with Gasteiger partial charge < -0.3 is 5.11 Å². The number of hydrazone groups is 1. The summed E-state index contributed by atoms with van der Waals surface area (Å²) in [5.41, 5.74) is 3.98. The first-order valence-electron chi connectivity index (χ1n) is 5.64. The summed E-state index contributed by atoms with van der Waals surface area (Å²) in [7, 11) is 0. The van der Waals surface area contributed by atoms with Crippen molar-refractivity contribution in [1.82, 2.24) is 5.43 Å². The molecule has 6 heteroatoms. The maximum absolute atomic E-state index is 9.76. The van der Waals surface area contributed by atoms with Gasteiger partial charge in [0.15, 0.2) is 0 Å². The summed E-state index contributed by atoms with van der Waals surface area (Å²) in [5.74, 6) is -0.0766. The van der Waals surface area contributed by atoms with Gasteiger partial charge in [0.05, 0.1) is 11.2 Å². The van der Waals surface area contributed by atoms with E-state index < -0.39 is 0 Å². The molecule has 0 aliphatic carbocycles. The number of nitrogens with zero attached hydrogens (tertiary/aromatic N) is 1. The predicted molar refractivity (Wildman–Crippen MR) is 87.0 cm³/mol. The molecule has 0 aromatic heterocycles. The maximum atomic E-state index is 9.76. The van der Waals surface area contributed by atoms with Gasteiger partial charge in [0, 0.05) is 16.1 Å². The molecule has 2 aromatic carbocycles. The largest absolute Gasteiger partial charge is 0.506 e. The van der Waals surface area contributed by atoms with Gasteiger partial charge in [0.1, 0.15) is 10.7 Å². The normalized spacial score (nSPS) is 10.7. The van der Waals surface area contributed by atoms with Crippen LogP contribution < -0.4 is 5.43 Å². The monoisotopic (exact) mass is 324 g/mol. The van der Waals surface area contributed by atoms with Crippen molar-refractivity contribution in [3.8, 4) is 5.75 Å². The fraction of sp³-hybridized carbons (Fsp3) is 0. The highest BCUT2D eigenvalue weighted by Gasteiger charge is 2.06. The summed E-state index contributed by atoms with van der Waals surface area (Å²) in [6.07, 6.45) is 1.41. The smallest absolute Gasteiger partial charge is 0.143 e. The minimum absolute atomic E-state index is 0.0766. The molecule has 2 N–H and O–H groups in total. The minimum atomic E-state index is -0.0766. The van der Waals surface area contributed by atoms with Crippen molar-refractivity contribution in [2.75, 3.05) is 0 Å². The Bertz CT molecular complexity index is 660. The Morgan fingerprint density at radius 1 is 1.20 bits per heavy atom. The van der Waals surface area contributed by atoms with Crippen molar-refractivity contribution in [2.24, 2.45) is 5.10 Å². The predicted octanol–water partition coefficient (Wildman–Crippen LogP) is 4.00. The first-order chi connectivity index (χ1) is 9.58. The van der Waals surface area contributed by atoms with Crippen molar-refractivity contribution in [1.29, 1.82) is 0 Å². The second-order valence-corrected chi connectivity index (χ2v) is 5.14. The molecule has 0 saturated carbocycles. The molecule has 20 heavy (non-hydrogen) atoms. The van der Waals surface area contributed by atoms with Gasteiger partial charge in [-0.25, -0.2) is 0 Å². The van der Waals surface area contributed by atoms with E-state index in [0.29, 0.717) is 15.6 Å². The Morgan fingerprint density at radius 3 is 2.60 bits per heavy atom. The zero-order chi connectivity index (χ0) is 14.5. The van der Waals surface area contributed by atoms with Crippen LogP contribution in [0.1, 0.15) is 11.1 Å². The summed E-state index contributed by atoms with van der Waals surface area (Å²) in [6, 6.07) is 12.4. The van der Waals surface area contributed by atoms with E-state index in [0.717, 1.165) is 5.56 Å². The SMILES string of the molecule is Oc1c(Cl)cc(Cl)cc1/C=N/NC(=S)c1ccccc1. The highest BCUT2D eigenvalue weighted by Crippen LogP contribution is 2.29. The van der Waals surface area contributed by atoms with Crippen LogP contribution in [-0.4, -0.2) is 16.3 Å². The number of rotatable bonds is 3. The fourth-order valence-corrected chi connectivity index (χ4v) is 2.20. The van der Waals surface area contributed by atoms with E-state index in [1.54, 1.807) is 6.07 Å². The number of phenols is 1. The Hall–Kier alpha value is -1.62. The molecule has 102 valence electrons. The molecule has 3 nitrogen and oxygen atoms in total. The fourth-order valence-electron chi connectivity index (χ4n) is 1.50. The Labute approximate surface area is 131 Å². The lowest BCUT2D eigenvalue weighted by Gasteiger charge is -2.04. The van der Waals surface area contributed by atoms with Gasteiger partial charge in [0.25, 0.3) is 0 Å². The van der Waals surface area contributed by atoms with E-state index in [-0.39, 0.29) is 10.8 Å². The third-order valence-electron chi connectivity index (χ3n) is 2.46. The van der Waals surface area contributed by atoms with Gasteiger partial charge >= 0.3 is 0 Å². The summed E-state index contributed by atoms with van der Waals surface area (Å²) in [5, 5.41) is 14.3. The Morgan fingerprint density at radius 2 is 1.90 bits per heavy atom. The highest BCUT2D eigenvalue weighted by atomic mass is 35.5. The summed E-state index contributed by atoms with van der Waals surface area (Å²) in [4.78, 5) is 0.481. The lowest BCUT2D eigenvalue weighted by molar-refractivity contribution is 0.474. The van der Waals surface area contributed by atoms with Crippen LogP contribution in [0.25, 0.3) is 0 Å². The third-order valence-corrected chi connectivity index (χ3v) is 3.30. The van der Waals surface area contributed by atoms with Crippen molar-refractivity contribution in [3.05, 3.63) is 63.6 Å². The molecule has 0 spiro atoms. The molecule has 2 aromatic rings. The van der Waals surface area contributed by atoms with E-state index in [4.69, 9.17) is 35.4 Å². The van der Waals surface area contributed by atoms with Gasteiger partial charge in [-0.05, 0) is 12.1 Å². The average molecular weight is 325 g/mol. The van der Waals surface area contributed by atoms with Crippen molar-refractivity contribution in [2.45, 2.75) is 0 Å². The van der Waals surface area contributed by atoms with Gasteiger partial charge in [-0.2, -0.15) is 5.10 Å². The summed E-state index contributed by atoms with van der Waals surface area (Å²) >= 11 is 16.9. The van der Waals surface area contributed by atoms with E-state index in [1.165, 1.54) is 12.3 Å². The summed E-state index contributed by atoms with van der Waals surface area (Å²) in [6.45, 7) is 0. The molecule has 0 saturated heterocycles. The van der Waals surface area contributed by atoms with Crippen molar-refractivity contribution < 1.29 is 5.11 Å². The van der Waals surface area contributed by atoms with Crippen LogP contribution >= 0.6 is 35.4 Å². The lowest BCUT2D eigenvalue weighted by Crippen LogP contribution is -2.16. The van der Waals surface area contributed by atoms with Crippen LogP contribution in [0.5, 0.6) is 5.75 Å². The van der Waals surface area contributed by atoms with E-state index in [2.05, 4.69) is 10.5 Å². The molecule has 0 unspecified atom stereocenters. The van der Waals surface area contributed by atoms with Gasteiger partial charge in [-0.3, -0.25) is 5.43 Å². The molecule has 0 heterocycles. The van der Waals surface area contributed by atoms with Crippen LogP contribution in [0.3, 0.4) is 0 Å². The molecule has 0 atom stereocenters. The molecular weight excluding hydrogens is 315 g/mol.